The molecule has 0 aliphatic carbocycles. The molecule has 0 radical (unpaired) electrons. The Morgan fingerprint density at radius 2 is 2.00 bits per heavy atom. The number of hydrogen-bond acceptors (Lipinski definition) is 5. The average molecular weight is 384 g/mol. The first-order chi connectivity index (χ1) is 12.5. The summed E-state index contributed by atoms with van der Waals surface area (Å²) in [4.78, 5) is 8.78. The van der Waals surface area contributed by atoms with E-state index in [-0.39, 0.29) is 22.8 Å². The van der Waals surface area contributed by atoms with Crippen LogP contribution in [-0.2, 0) is 15.1 Å². The fraction of sp³-hybridized carbons (Fsp3) is 0.300. The van der Waals surface area contributed by atoms with E-state index in [1.165, 1.54) is 6.07 Å². The van der Waals surface area contributed by atoms with Gasteiger partial charge in [-0.1, -0.05) is 6.07 Å². The second-order valence-corrected chi connectivity index (χ2v) is 10.4. The van der Waals surface area contributed by atoms with E-state index in [1.54, 1.807) is 51.1 Å². The second-order valence-electron chi connectivity index (χ2n) is 7.45. The minimum absolute atomic E-state index is 0.0831. The lowest BCUT2D eigenvalue weighted by atomic mass is 9.91. The molecule has 2 heterocycles. The molecule has 1 aromatic heterocycles. The van der Waals surface area contributed by atoms with Crippen molar-refractivity contribution in [1.82, 2.24) is 4.98 Å². The molecular formula is C20H21FN4OS. The number of aromatic nitrogens is 1. The highest BCUT2D eigenvalue weighted by Crippen LogP contribution is 2.38. The zero-order chi connectivity index (χ0) is 20.0. The van der Waals surface area contributed by atoms with Crippen molar-refractivity contribution in [2.45, 2.75) is 31.1 Å². The summed E-state index contributed by atoms with van der Waals surface area (Å²) in [7, 11) is -2.65. The zero-order valence-corrected chi connectivity index (χ0v) is 16.3. The van der Waals surface area contributed by atoms with Crippen molar-refractivity contribution in [1.29, 1.82) is 5.26 Å². The van der Waals surface area contributed by atoms with E-state index in [4.69, 9.17) is 11.0 Å². The Hall–Kier alpha value is -2.72. The van der Waals surface area contributed by atoms with Gasteiger partial charge in [0, 0.05) is 16.9 Å². The predicted octanol–water partition coefficient (Wildman–Crippen LogP) is 2.84. The molecule has 2 aromatic rings. The molecule has 7 heteroatoms. The number of pyridine rings is 1. The van der Waals surface area contributed by atoms with Crippen molar-refractivity contribution >= 4 is 21.2 Å². The minimum Gasteiger partial charge on any atom is -0.386 e. The van der Waals surface area contributed by atoms with E-state index in [2.05, 4.69) is 15.8 Å². The Labute approximate surface area is 158 Å². The Morgan fingerprint density at radius 3 is 2.63 bits per heavy atom. The molecule has 0 amide bonds. The molecule has 1 aliphatic heterocycles. The van der Waals surface area contributed by atoms with Crippen LogP contribution in [0.15, 0.2) is 41.4 Å². The van der Waals surface area contributed by atoms with Crippen molar-refractivity contribution < 1.29 is 8.60 Å². The van der Waals surface area contributed by atoms with Gasteiger partial charge in [0.25, 0.3) is 0 Å². The van der Waals surface area contributed by atoms with Gasteiger partial charge >= 0.3 is 0 Å². The summed E-state index contributed by atoms with van der Waals surface area (Å²) >= 11 is 0. The van der Waals surface area contributed by atoms with E-state index in [0.29, 0.717) is 11.3 Å². The molecule has 2 atom stereocenters. The molecule has 0 saturated heterocycles. The number of hydrogen-bond donors (Lipinski definition) is 1. The number of amidine groups is 1. The van der Waals surface area contributed by atoms with Crippen molar-refractivity contribution in [3.63, 3.8) is 0 Å². The molecule has 1 aromatic carbocycles. The average Bonchev–Trinajstić information content (AvgIpc) is 2.60. The summed E-state index contributed by atoms with van der Waals surface area (Å²) in [5.41, 5.74) is 6.72. The summed E-state index contributed by atoms with van der Waals surface area (Å²) in [6, 6.07) is 11.6. The molecule has 27 heavy (non-hydrogen) atoms. The standard InChI is InChI=1S/C20H21FN4OS/c1-19(2)18(23)25-20(3,12-27(19,4)26)15-10-13(8-9-16(15)21)17-7-5-6-14(11-22)24-17/h5-10H,4,12H2,1-3H3,(H2,23,25)/t20-,27?/m0/s1. The van der Waals surface area contributed by atoms with Crippen LogP contribution >= 0.6 is 0 Å². The first kappa shape index (κ1) is 19.1. The Morgan fingerprint density at radius 1 is 1.30 bits per heavy atom. The maximum atomic E-state index is 14.7. The molecule has 2 N–H and O–H groups in total. The summed E-state index contributed by atoms with van der Waals surface area (Å²) < 4.78 is 27.0. The van der Waals surface area contributed by atoms with E-state index >= 15 is 0 Å². The molecule has 140 valence electrons. The SMILES string of the molecule is C=S1(=O)C[C@@](C)(c2cc(-c3cccc(C#N)n3)ccc2F)N=C(N)C1(C)C. The smallest absolute Gasteiger partial charge is 0.141 e. The first-order valence-corrected chi connectivity index (χ1v) is 10.3. The number of halogens is 1. The lowest BCUT2D eigenvalue weighted by Gasteiger charge is -2.41. The maximum Gasteiger partial charge on any atom is 0.141 e. The van der Waals surface area contributed by atoms with Crippen molar-refractivity contribution in [3.05, 3.63) is 53.5 Å². The molecule has 5 nitrogen and oxygen atoms in total. The molecule has 1 aliphatic rings. The van der Waals surface area contributed by atoms with Gasteiger partial charge in [-0.3, -0.25) is 9.20 Å². The van der Waals surface area contributed by atoms with Gasteiger partial charge in [-0.05, 0) is 66.5 Å². The quantitative estimate of drug-likeness (QED) is 0.806. The number of nitrogens with zero attached hydrogens (tertiary/aromatic N) is 3. The van der Waals surface area contributed by atoms with Gasteiger partial charge < -0.3 is 5.73 Å². The molecule has 0 spiro atoms. The molecule has 0 bridgehead atoms. The van der Waals surface area contributed by atoms with Crippen LogP contribution < -0.4 is 5.73 Å². The fourth-order valence-electron chi connectivity index (χ4n) is 3.15. The Balaban J connectivity index is 2.18. The summed E-state index contributed by atoms with van der Waals surface area (Å²) in [5.74, 6) is 3.70. The third-order valence-corrected chi connectivity index (χ3v) is 8.23. The normalized spacial score (nSPS) is 26.9. The molecule has 0 saturated carbocycles. The topological polar surface area (TPSA) is 92.1 Å². The van der Waals surface area contributed by atoms with Crippen molar-refractivity contribution in [2.24, 2.45) is 10.7 Å². The number of benzene rings is 1. The van der Waals surface area contributed by atoms with Gasteiger partial charge in [0.05, 0.1) is 16.0 Å². The Kier molecular flexibility index (Phi) is 4.35. The van der Waals surface area contributed by atoms with Crippen LogP contribution in [-0.4, -0.2) is 31.4 Å². The highest BCUT2D eigenvalue weighted by molar-refractivity contribution is 8.02. The van der Waals surface area contributed by atoms with Crippen LogP contribution in [0.25, 0.3) is 11.3 Å². The van der Waals surface area contributed by atoms with Gasteiger partial charge in [-0.2, -0.15) is 5.26 Å². The van der Waals surface area contributed by atoms with Crippen molar-refractivity contribution in [3.8, 4) is 17.3 Å². The number of rotatable bonds is 2. The van der Waals surface area contributed by atoms with E-state index in [9.17, 15) is 8.60 Å². The van der Waals surface area contributed by atoms with Gasteiger partial charge in [-0.15, -0.1) is 0 Å². The largest absolute Gasteiger partial charge is 0.386 e. The third kappa shape index (κ3) is 3.10. The number of nitrogens with two attached hydrogens (primary N) is 1. The van der Waals surface area contributed by atoms with Gasteiger partial charge in [0.1, 0.15) is 23.4 Å². The summed E-state index contributed by atoms with van der Waals surface area (Å²) in [6.07, 6.45) is 0. The van der Waals surface area contributed by atoms with Crippen LogP contribution in [0.2, 0.25) is 0 Å². The van der Waals surface area contributed by atoms with E-state index in [1.807, 2.05) is 6.07 Å². The molecule has 0 fully saturated rings. The monoisotopic (exact) mass is 384 g/mol. The lowest BCUT2D eigenvalue weighted by molar-refractivity contribution is 0.493. The third-order valence-electron chi connectivity index (χ3n) is 5.13. The number of nitriles is 1. The Bertz CT molecular complexity index is 1100. The number of aliphatic imine (C=N–C) groups is 1. The summed E-state index contributed by atoms with van der Waals surface area (Å²) in [5, 5.41) is 9.05. The van der Waals surface area contributed by atoms with Crippen molar-refractivity contribution in [2.75, 3.05) is 5.75 Å². The van der Waals surface area contributed by atoms with Crippen LogP contribution in [0, 0.1) is 17.1 Å². The molecule has 1 unspecified atom stereocenters. The summed E-state index contributed by atoms with van der Waals surface area (Å²) in [6.45, 7) is 5.19. The van der Waals surface area contributed by atoms with Crippen LogP contribution in [0.1, 0.15) is 32.0 Å². The second kappa shape index (κ2) is 6.17. The maximum absolute atomic E-state index is 14.7. The van der Waals surface area contributed by atoms with Crippen LogP contribution in [0.3, 0.4) is 0 Å². The van der Waals surface area contributed by atoms with Gasteiger partial charge in [-0.25, -0.2) is 9.37 Å². The minimum atomic E-state index is -2.65. The molecule has 3 rings (SSSR count). The van der Waals surface area contributed by atoms with Crippen LogP contribution in [0.4, 0.5) is 4.39 Å². The highest BCUT2D eigenvalue weighted by atomic mass is 32.2. The van der Waals surface area contributed by atoms with E-state index in [0.717, 1.165) is 0 Å². The fourth-order valence-corrected chi connectivity index (χ4v) is 5.07. The first-order valence-electron chi connectivity index (χ1n) is 8.38. The van der Waals surface area contributed by atoms with E-state index < -0.39 is 25.6 Å². The highest BCUT2D eigenvalue weighted by Gasteiger charge is 2.45. The van der Waals surface area contributed by atoms with Crippen LogP contribution in [0.5, 0.6) is 0 Å². The zero-order valence-electron chi connectivity index (χ0n) is 15.5. The van der Waals surface area contributed by atoms with Gasteiger partial charge in [0.2, 0.25) is 0 Å². The predicted molar refractivity (Wildman–Crippen MR) is 108 cm³/mol. The van der Waals surface area contributed by atoms with Gasteiger partial charge in [0.15, 0.2) is 0 Å². The molecular weight excluding hydrogens is 363 g/mol. The lowest BCUT2D eigenvalue weighted by Crippen LogP contribution is -2.54.